The summed E-state index contributed by atoms with van der Waals surface area (Å²) in [5.74, 6) is 0. The molecular weight excluding hydrogens is 216 g/mol. The molecule has 2 N–H and O–H groups in total. The minimum Gasteiger partial charge on any atom is -0.388 e. The molecule has 2 fully saturated rings. The van der Waals surface area contributed by atoms with Gasteiger partial charge in [-0.2, -0.15) is 0 Å². The first-order valence-corrected chi connectivity index (χ1v) is 7.23. The Balaban J connectivity index is 1.93. The van der Waals surface area contributed by atoms with Gasteiger partial charge in [0, 0.05) is 0 Å². The third-order valence-corrected chi connectivity index (χ3v) is 4.42. The van der Waals surface area contributed by atoms with Gasteiger partial charge in [0.05, 0.1) is 11.7 Å². The Bertz CT molecular complexity index is 236. The van der Waals surface area contributed by atoms with Crippen molar-refractivity contribution in [2.75, 3.05) is 0 Å². The fraction of sp³-hybridized carbons (Fsp3) is 1.00. The molecule has 2 rings (SSSR count). The molecule has 1 heterocycles. The summed E-state index contributed by atoms with van der Waals surface area (Å²) in [5.41, 5.74) is -0.422. The van der Waals surface area contributed by atoms with E-state index < -0.39 is 17.8 Å². The van der Waals surface area contributed by atoms with E-state index in [1.165, 1.54) is 19.3 Å². The molecule has 0 aromatic carbocycles. The smallest absolute Gasteiger partial charge is 0.111 e. The number of hydrogen-bond acceptors (Lipinski definition) is 3. The Labute approximate surface area is 104 Å². The molecule has 0 aromatic rings. The molecule has 1 aliphatic heterocycles. The molecule has 100 valence electrons. The van der Waals surface area contributed by atoms with Crippen LogP contribution < -0.4 is 0 Å². The molecule has 1 aliphatic carbocycles. The van der Waals surface area contributed by atoms with Crippen molar-refractivity contribution in [1.29, 1.82) is 0 Å². The Hall–Kier alpha value is -0.120. The minimum absolute atomic E-state index is 0.144. The van der Waals surface area contributed by atoms with Crippen LogP contribution in [0, 0.1) is 0 Å². The van der Waals surface area contributed by atoms with Crippen molar-refractivity contribution in [3.8, 4) is 0 Å². The van der Waals surface area contributed by atoms with Crippen LogP contribution in [0.1, 0.15) is 64.7 Å². The number of aliphatic hydroxyl groups excluding tert-OH is 2. The molecule has 1 spiro atoms. The highest BCUT2D eigenvalue weighted by molar-refractivity contribution is 5.03. The SMILES string of the molecule is CCCCC[C@@H]1OC2(CCCCC2)[C@@H](O)[C@@H]1O. The standard InChI is InChI=1S/C14H26O3/c1-2-3-5-8-11-12(15)13(16)14(17-11)9-6-4-7-10-14/h11-13,15-16H,2-10H2,1H3/t11-,12+,13-/m0/s1. The molecule has 0 unspecified atom stereocenters. The van der Waals surface area contributed by atoms with Gasteiger partial charge in [-0.25, -0.2) is 0 Å². The third-order valence-electron chi connectivity index (χ3n) is 4.42. The van der Waals surface area contributed by atoms with E-state index in [9.17, 15) is 10.2 Å². The molecule has 3 heteroatoms. The summed E-state index contributed by atoms with van der Waals surface area (Å²) in [6.07, 6.45) is 8.12. The van der Waals surface area contributed by atoms with Crippen molar-refractivity contribution >= 4 is 0 Å². The maximum absolute atomic E-state index is 10.2. The number of unbranched alkanes of at least 4 members (excludes halogenated alkanes) is 2. The van der Waals surface area contributed by atoms with E-state index in [0.717, 1.165) is 38.5 Å². The van der Waals surface area contributed by atoms with Crippen LogP contribution in [-0.2, 0) is 4.74 Å². The van der Waals surface area contributed by atoms with Crippen molar-refractivity contribution in [2.45, 2.75) is 88.6 Å². The van der Waals surface area contributed by atoms with Gasteiger partial charge in [-0.3, -0.25) is 0 Å². The maximum atomic E-state index is 10.2. The Morgan fingerprint density at radius 1 is 1.12 bits per heavy atom. The summed E-state index contributed by atoms with van der Waals surface area (Å²) in [4.78, 5) is 0. The van der Waals surface area contributed by atoms with E-state index in [1.807, 2.05) is 0 Å². The average Bonchev–Trinajstić information content (AvgIpc) is 2.57. The maximum Gasteiger partial charge on any atom is 0.111 e. The highest BCUT2D eigenvalue weighted by atomic mass is 16.6. The normalized spacial score (nSPS) is 36.5. The van der Waals surface area contributed by atoms with Crippen molar-refractivity contribution in [2.24, 2.45) is 0 Å². The zero-order valence-corrected chi connectivity index (χ0v) is 10.9. The molecule has 3 atom stereocenters. The highest BCUT2D eigenvalue weighted by Crippen LogP contribution is 2.43. The van der Waals surface area contributed by atoms with Gasteiger partial charge in [0.2, 0.25) is 0 Å². The molecular formula is C14H26O3. The summed E-state index contributed by atoms with van der Waals surface area (Å²) in [6, 6.07) is 0. The molecule has 0 bridgehead atoms. The molecule has 17 heavy (non-hydrogen) atoms. The Morgan fingerprint density at radius 2 is 1.82 bits per heavy atom. The number of ether oxygens (including phenoxy) is 1. The van der Waals surface area contributed by atoms with Crippen molar-refractivity contribution < 1.29 is 14.9 Å². The molecule has 1 saturated carbocycles. The van der Waals surface area contributed by atoms with Crippen LogP contribution >= 0.6 is 0 Å². The average molecular weight is 242 g/mol. The van der Waals surface area contributed by atoms with Crippen LogP contribution in [0.3, 0.4) is 0 Å². The van der Waals surface area contributed by atoms with E-state index in [2.05, 4.69) is 6.92 Å². The van der Waals surface area contributed by atoms with Crippen LogP contribution in [-0.4, -0.2) is 34.1 Å². The van der Waals surface area contributed by atoms with Gasteiger partial charge in [-0.05, 0) is 19.3 Å². The van der Waals surface area contributed by atoms with Crippen molar-refractivity contribution in [1.82, 2.24) is 0 Å². The topological polar surface area (TPSA) is 49.7 Å². The predicted octanol–water partition coefficient (Wildman–Crippen LogP) is 2.39. The quantitative estimate of drug-likeness (QED) is 0.744. The zero-order valence-electron chi connectivity index (χ0n) is 10.9. The van der Waals surface area contributed by atoms with Crippen LogP contribution in [0.5, 0.6) is 0 Å². The lowest BCUT2D eigenvalue weighted by molar-refractivity contribution is -0.105. The fourth-order valence-corrected chi connectivity index (χ4v) is 3.34. The molecule has 0 radical (unpaired) electrons. The molecule has 0 amide bonds. The van der Waals surface area contributed by atoms with Gasteiger partial charge >= 0.3 is 0 Å². The van der Waals surface area contributed by atoms with Crippen LogP contribution in [0.25, 0.3) is 0 Å². The summed E-state index contributed by atoms with van der Waals surface area (Å²) in [5, 5.41) is 20.3. The first-order chi connectivity index (χ1) is 8.19. The highest BCUT2D eigenvalue weighted by Gasteiger charge is 2.53. The fourth-order valence-electron chi connectivity index (χ4n) is 3.34. The predicted molar refractivity (Wildman–Crippen MR) is 66.8 cm³/mol. The van der Waals surface area contributed by atoms with Gasteiger partial charge in [0.15, 0.2) is 0 Å². The number of hydrogen-bond donors (Lipinski definition) is 2. The summed E-state index contributed by atoms with van der Waals surface area (Å²) in [7, 11) is 0. The minimum atomic E-state index is -0.676. The lowest BCUT2D eigenvalue weighted by atomic mass is 9.80. The van der Waals surface area contributed by atoms with Crippen LogP contribution in [0.4, 0.5) is 0 Å². The second kappa shape index (κ2) is 5.68. The van der Waals surface area contributed by atoms with Gasteiger partial charge in [-0.1, -0.05) is 45.4 Å². The second-order valence-electron chi connectivity index (χ2n) is 5.71. The Kier molecular flexibility index (Phi) is 4.45. The number of aliphatic hydroxyl groups is 2. The second-order valence-corrected chi connectivity index (χ2v) is 5.71. The largest absolute Gasteiger partial charge is 0.388 e. The van der Waals surface area contributed by atoms with E-state index in [-0.39, 0.29) is 6.10 Å². The van der Waals surface area contributed by atoms with Crippen molar-refractivity contribution in [3.63, 3.8) is 0 Å². The van der Waals surface area contributed by atoms with E-state index >= 15 is 0 Å². The summed E-state index contributed by atoms with van der Waals surface area (Å²) in [6.45, 7) is 2.17. The van der Waals surface area contributed by atoms with Gasteiger partial charge in [0.25, 0.3) is 0 Å². The monoisotopic (exact) mass is 242 g/mol. The lowest BCUT2D eigenvalue weighted by Crippen LogP contribution is -2.44. The molecule has 2 aliphatic rings. The first kappa shape index (κ1) is 13.3. The van der Waals surface area contributed by atoms with Gasteiger partial charge in [0.1, 0.15) is 12.2 Å². The van der Waals surface area contributed by atoms with Crippen LogP contribution in [0.15, 0.2) is 0 Å². The van der Waals surface area contributed by atoms with E-state index in [4.69, 9.17) is 4.74 Å². The van der Waals surface area contributed by atoms with E-state index in [0.29, 0.717) is 0 Å². The van der Waals surface area contributed by atoms with Gasteiger partial charge in [-0.15, -0.1) is 0 Å². The first-order valence-electron chi connectivity index (χ1n) is 7.23. The Morgan fingerprint density at radius 3 is 2.47 bits per heavy atom. The van der Waals surface area contributed by atoms with E-state index in [1.54, 1.807) is 0 Å². The third kappa shape index (κ3) is 2.67. The lowest BCUT2D eigenvalue weighted by Gasteiger charge is -2.35. The number of rotatable bonds is 4. The van der Waals surface area contributed by atoms with Crippen LogP contribution in [0.2, 0.25) is 0 Å². The van der Waals surface area contributed by atoms with Crippen molar-refractivity contribution in [3.05, 3.63) is 0 Å². The molecule has 0 aromatic heterocycles. The van der Waals surface area contributed by atoms with Gasteiger partial charge < -0.3 is 14.9 Å². The summed E-state index contributed by atoms with van der Waals surface area (Å²) >= 11 is 0. The molecule has 1 saturated heterocycles. The summed E-state index contributed by atoms with van der Waals surface area (Å²) < 4.78 is 6.06. The zero-order chi connectivity index (χ0) is 12.3. The molecule has 3 nitrogen and oxygen atoms in total.